The maximum absolute atomic E-state index is 13.3. The molecular weight excluding hydrogens is 538 g/mol. The molecule has 1 aliphatic carbocycles. The van der Waals surface area contributed by atoms with Crippen LogP contribution in [0.2, 0.25) is 0 Å². The normalized spacial score (nSPS) is 17.1. The van der Waals surface area contributed by atoms with Crippen LogP contribution in [-0.4, -0.2) is 71.3 Å². The van der Waals surface area contributed by atoms with Crippen LogP contribution in [-0.2, 0) is 4.74 Å². The molecule has 220 valence electrons. The smallest absolute Gasteiger partial charge is 0.410 e. The molecule has 0 unspecified atom stereocenters. The summed E-state index contributed by atoms with van der Waals surface area (Å²) in [5, 5.41) is 2.80. The van der Waals surface area contributed by atoms with E-state index in [2.05, 4.69) is 10.3 Å². The molecule has 0 radical (unpaired) electrons. The largest absolute Gasteiger partial charge is 0.496 e. The van der Waals surface area contributed by atoms with Gasteiger partial charge in [0.1, 0.15) is 34.1 Å². The second-order valence-electron chi connectivity index (χ2n) is 11.3. The number of carbonyl (C=O) groups excluding carboxylic acids is 2. The lowest BCUT2D eigenvalue weighted by Gasteiger charge is -2.24. The van der Waals surface area contributed by atoms with Crippen LogP contribution in [0.15, 0.2) is 36.7 Å². The summed E-state index contributed by atoms with van der Waals surface area (Å²) in [6.45, 7) is 4.01. The molecule has 3 heterocycles. The molecule has 1 atom stereocenters. The van der Waals surface area contributed by atoms with Crippen LogP contribution >= 0.6 is 0 Å². The Balaban J connectivity index is 1.32. The van der Waals surface area contributed by atoms with Gasteiger partial charge in [0.2, 0.25) is 0 Å². The highest BCUT2D eigenvalue weighted by atomic mass is 19.3. The van der Waals surface area contributed by atoms with Crippen LogP contribution in [0.1, 0.15) is 50.4 Å². The van der Waals surface area contributed by atoms with Crippen molar-refractivity contribution in [1.82, 2.24) is 19.6 Å². The highest BCUT2D eigenvalue weighted by Gasteiger charge is 2.31. The molecule has 2 aromatic heterocycles. The summed E-state index contributed by atoms with van der Waals surface area (Å²) in [5.41, 5.74) is 1.02. The zero-order valence-corrected chi connectivity index (χ0v) is 23.5. The van der Waals surface area contributed by atoms with E-state index in [0.717, 1.165) is 19.3 Å². The lowest BCUT2D eigenvalue weighted by atomic mass is 10.1. The average Bonchev–Trinajstić information content (AvgIpc) is 3.41. The lowest BCUT2D eigenvalue weighted by Crippen LogP contribution is -2.35. The Kier molecular flexibility index (Phi) is 7.92. The summed E-state index contributed by atoms with van der Waals surface area (Å²) in [4.78, 5) is 31.3. The van der Waals surface area contributed by atoms with E-state index in [-0.39, 0.29) is 35.1 Å². The number of ether oxygens (including phenoxy) is 4. The van der Waals surface area contributed by atoms with Gasteiger partial charge in [0.15, 0.2) is 0 Å². The van der Waals surface area contributed by atoms with Gasteiger partial charge in [-0.2, -0.15) is 8.78 Å². The molecule has 1 N–H and O–H groups in total. The molecule has 2 amide bonds. The second-order valence-corrected chi connectivity index (χ2v) is 11.3. The summed E-state index contributed by atoms with van der Waals surface area (Å²) in [7, 11) is 1.37. The molecule has 2 fully saturated rings. The van der Waals surface area contributed by atoms with Crippen molar-refractivity contribution in [3.8, 4) is 28.5 Å². The molecular formula is C29H34F2N4O6. The van der Waals surface area contributed by atoms with Crippen LogP contribution in [0.4, 0.5) is 13.6 Å². The number of hydrogen-bond donors (Lipinski definition) is 1. The summed E-state index contributed by atoms with van der Waals surface area (Å²) >= 11 is 0. The Bertz CT molecular complexity index is 1430. The summed E-state index contributed by atoms with van der Waals surface area (Å²) in [6, 6.07) is 6.57. The van der Waals surface area contributed by atoms with E-state index in [1.165, 1.54) is 13.2 Å². The Hall–Kier alpha value is -4.09. The van der Waals surface area contributed by atoms with E-state index in [1.54, 1.807) is 39.9 Å². The lowest BCUT2D eigenvalue weighted by molar-refractivity contribution is -0.0502. The van der Waals surface area contributed by atoms with E-state index in [0.29, 0.717) is 42.4 Å². The fourth-order valence-corrected chi connectivity index (χ4v) is 4.74. The van der Waals surface area contributed by atoms with Crippen molar-refractivity contribution in [3.05, 3.63) is 42.2 Å². The van der Waals surface area contributed by atoms with Crippen molar-refractivity contribution in [2.75, 3.05) is 26.8 Å². The monoisotopic (exact) mass is 572 g/mol. The molecule has 2 aliphatic rings. The number of fused-ring (bicyclic) bond motifs is 1. The Morgan fingerprint density at radius 2 is 1.90 bits per heavy atom. The topological polar surface area (TPSA) is 104 Å². The zero-order valence-electron chi connectivity index (χ0n) is 23.5. The van der Waals surface area contributed by atoms with E-state index in [4.69, 9.17) is 18.9 Å². The number of amides is 2. The highest BCUT2D eigenvalue weighted by molar-refractivity contribution is 6.01. The number of imidazole rings is 1. The summed E-state index contributed by atoms with van der Waals surface area (Å²) < 4.78 is 50.0. The number of hydrogen-bond acceptors (Lipinski definition) is 7. The number of likely N-dealkylation sites (tertiary alicyclic amines) is 1. The molecule has 3 aromatic rings. The molecule has 12 heteroatoms. The maximum Gasteiger partial charge on any atom is 0.410 e. The van der Waals surface area contributed by atoms with Gasteiger partial charge >= 0.3 is 12.7 Å². The Morgan fingerprint density at radius 1 is 1.15 bits per heavy atom. The molecule has 1 saturated heterocycles. The molecule has 5 rings (SSSR count). The van der Waals surface area contributed by atoms with E-state index >= 15 is 0 Å². The van der Waals surface area contributed by atoms with Crippen LogP contribution < -0.4 is 19.5 Å². The molecule has 1 aliphatic heterocycles. The highest BCUT2D eigenvalue weighted by Crippen LogP contribution is 2.37. The quantitative estimate of drug-likeness (QED) is 0.379. The first-order chi connectivity index (χ1) is 19.5. The minimum Gasteiger partial charge on any atom is -0.496 e. The number of rotatable bonds is 9. The minimum atomic E-state index is -3.12. The first kappa shape index (κ1) is 28.4. The van der Waals surface area contributed by atoms with Crippen molar-refractivity contribution in [1.29, 1.82) is 0 Å². The first-order valence-electron chi connectivity index (χ1n) is 13.6. The summed E-state index contributed by atoms with van der Waals surface area (Å²) in [5.74, 6) is 0.0905. The molecule has 1 aromatic carbocycles. The second kappa shape index (κ2) is 11.4. The van der Waals surface area contributed by atoms with Crippen molar-refractivity contribution >= 4 is 17.6 Å². The molecule has 41 heavy (non-hydrogen) atoms. The van der Waals surface area contributed by atoms with Crippen molar-refractivity contribution in [2.45, 2.75) is 58.3 Å². The van der Waals surface area contributed by atoms with Gasteiger partial charge in [0, 0.05) is 42.9 Å². The Morgan fingerprint density at radius 3 is 2.59 bits per heavy atom. The van der Waals surface area contributed by atoms with Crippen molar-refractivity contribution < 1.29 is 37.3 Å². The van der Waals surface area contributed by atoms with Gasteiger partial charge in [-0.15, -0.1) is 0 Å². The average molecular weight is 573 g/mol. The standard InChI is InChI=1S/C29H34F2N4O6/c1-29(2,3)41-28(37)34-9-7-17(15-34)16-39-20-8-10-35-21(14-32-24(35)13-20)18-11-22(38-4)25(23(12-18)40-27(30)31)26(36)33-19-5-6-19/h8,10-14,17,19,27H,5-7,9,15-16H2,1-4H3,(H,33,36)/t17-/m1/s1. The number of pyridine rings is 1. The van der Waals surface area contributed by atoms with Crippen LogP contribution in [0.5, 0.6) is 17.2 Å². The minimum absolute atomic E-state index is 0.0269. The van der Waals surface area contributed by atoms with Crippen LogP contribution in [0.3, 0.4) is 0 Å². The van der Waals surface area contributed by atoms with Gasteiger partial charge in [0.05, 0.1) is 25.6 Å². The fourth-order valence-electron chi connectivity index (χ4n) is 4.74. The van der Waals surface area contributed by atoms with Gasteiger partial charge in [-0.3, -0.25) is 9.20 Å². The number of alkyl halides is 2. The number of nitrogens with zero attached hydrogens (tertiary/aromatic N) is 3. The van der Waals surface area contributed by atoms with Gasteiger partial charge < -0.3 is 29.2 Å². The predicted molar refractivity (Wildman–Crippen MR) is 146 cm³/mol. The van der Waals surface area contributed by atoms with Crippen molar-refractivity contribution in [3.63, 3.8) is 0 Å². The number of halogens is 2. The van der Waals surface area contributed by atoms with Gasteiger partial charge in [-0.1, -0.05) is 0 Å². The fraction of sp³-hybridized carbons (Fsp3) is 0.483. The van der Waals surface area contributed by atoms with E-state index in [9.17, 15) is 18.4 Å². The first-order valence-corrected chi connectivity index (χ1v) is 13.6. The third-order valence-corrected chi connectivity index (χ3v) is 6.85. The van der Waals surface area contributed by atoms with Crippen LogP contribution in [0.25, 0.3) is 16.9 Å². The number of carbonyl (C=O) groups is 2. The van der Waals surface area contributed by atoms with Gasteiger partial charge in [0.25, 0.3) is 5.91 Å². The predicted octanol–water partition coefficient (Wildman–Crippen LogP) is 5.14. The third-order valence-electron chi connectivity index (χ3n) is 6.85. The van der Waals surface area contributed by atoms with Gasteiger partial charge in [-0.05, 0) is 58.2 Å². The molecule has 0 spiro atoms. The van der Waals surface area contributed by atoms with E-state index < -0.39 is 18.1 Å². The number of methoxy groups -OCH3 is 1. The zero-order chi connectivity index (χ0) is 29.3. The summed E-state index contributed by atoms with van der Waals surface area (Å²) in [6.07, 6.45) is 5.55. The SMILES string of the molecule is COc1cc(-c2cnc3cc(OC[C@@H]4CCN(C(=O)OC(C)(C)C)C4)ccn23)cc(OC(F)F)c1C(=O)NC1CC1. The molecule has 10 nitrogen and oxygen atoms in total. The van der Waals surface area contributed by atoms with E-state index in [1.807, 2.05) is 20.8 Å². The number of nitrogens with one attached hydrogen (secondary N) is 1. The Labute approximate surface area is 236 Å². The molecule has 1 saturated carbocycles. The van der Waals surface area contributed by atoms with Gasteiger partial charge in [-0.25, -0.2) is 9.78 Å². The van der Waals surface area contributed by atoms with Crippen LogP contribution in [0, 0.1) is 5.92 Å². The molecule has 0 bridgehead atoms. The number of aromatic nitrogens is 2. The maximum atomic E-state index is 13.3. The number of benzene rings is 1. The van der Waals surface area contributed by atoms with Crippen molar-refractivity contribution in [2.24, 2.45) is 5.92 Å². The third kappa shape index (κ3) is 6.80.